The molecule has 212 valence electrons. The maximum atomic E-state index is 11.9. The van der Waals surface area contributed by atoms with E-state index in [1.165, 1.54) is 0 Å². The first kappa shape index (κ1) is 28.1. The molecule has 1 amide bonds. The Bertz CT molecular complexity index is 1680. The molecular weight excluding hydrogens is 514 g/mol. The van der Waals surface area contributed by atoms with Crippen molar-refractivity contribution in [1.29, 1.82) is 0 Å². The first-order valence-corrected chi connectivity index (χ1v) is 14.0. The number of aliphatic hydroxyl groups is 1. The molecule has 0 aliphatic carbocycles. The molecule has 3 aromatic carbocycles. The number of hydrogen-bond acceptors (Lipinski definition) is 5. The lowest BCUT2D eigenvalue weighted by Gasteiger charge is -2.15. The van der Waals surface area contributed by atoms with Crippen molar-refractivity contribution < 1.29 is 14.6 Å². The van der Waals surface area contributed by atoms with Crippen LogP contribution in [-0.2, 0) is 6.54 Å². The van der Waals surface area contributed by atoms with Gasteiger partial charge in [-0.3, -0.25) is 9.48 Å². The summed E-state index contributed by atoms with van der Waals surface area (Å²) < 4.78 is 9.85. The minimum absolute atomic E-state index is 0.189. The monoisotopic (exact) mass is 551 g/mol. The number of nitrogens with two attached hydrogens (primary N) is 1. The van der Waals surface area contributed by atoms with Crippen LogP contribution in [0.25, 0.3) is 27.8 Å². The van der Waals surface area contributed by atoms with Gasteiger partial charge in [-0.15, -0.1) is 0 Å². The summed E-state index contributed by atoms with van der Waals surface area (Å²) in [4.78, 5) is 11.9. The highest BCUT2D eigenvalue weighted by atomic mass is 16.5. The lowest BCUT2D eigenvalue weighted by atomic mass is 9.95. The van der Waals surface area contributed by atoms with Crippen molar-refractivity contribution in [1.82, 2.24) is 19.6 Å². The number of benzene rings is 3. The molecule has 0 spiro atoms. The number of hydrogen-bond donors (Lipinski definition) is 2. The van der Waals surface area contributed by atoms with Gasteiger partial charge in [0, 0.05) is 34.0 Å². The van der Waals surface area contributed by atoms with Crippen molar-refractivity contribution >= 4 is 16.8 Å². The minimum Gasteiger partial charge on any atom is -0.491 e. The van der Waals surface area contributed by atoms with Crippen LogP contribution in [0.1, 0.15) is 66.9 Å². The van der Waals surface area contributed by atoms with Gasteiger partial charge < -0.3 is 15.6 Å². The molecule has 1 atom stereocenters. The van der Waals surface area contributed by atoms with E-state index in [0.717, 1.165) is 44.7 Å². The van der Waals surface area contributed by atoms with E-state index in [-0.39, 0.29) is 5.92 Å². The normalized spacial score (nSPS) is 12.4. The highest BCUT2D eigenvalue weighted by Gasteiger charge is 2.24. The third-order valence-corrected chi connectivity index (χ3v) is 7.18. The second-order valence-electron chi connectivity index (χ2n) is 11.2. The molecule has 0 fully saturated rings. The van der Waals surface area contributed by atoms with Gasteiger partial charge in [-0.05, 0) is 48.6 Å². The zero-order valence-electron chi connectivity index (χ0n) is 24.2. The molecule has 2 aromatic heterocycles. The number of ether oxygens (including phenoxy) is 1. The van der Waals surface area contributed by atoms with Gasteiger partial charge in [0.05, 0.1) is 30.5 Å². The number of rotatable bonds is 10. The number of aliphatic hydroxyl groups excluding tert-OH is 1. The average Bonchev–Trinajstić information content (AvgIpc) is 3.52. The van der Waals surface area contributed by atoms with E-state index in [1.54, 1.807) is 16.8 Å². The molecule has 0 aliphatic heterocycles. The van der Waals surface area contributed by atoms with Gasteiger partial charge in [-0.2, -0.15) is 10.2 Å². The van der Waals surface area contributed by atoms with Crippen molar-refractivity contribution in [2.75, 3.05) is 6.61 Å². The molecule has 8 heteroatoms. The first-order valence-electron chi connectivity index (χ1n) is 14.0. The van der Waals surface area contributed by atoms with Crippen LogP contribution in [0, 0.1) is 12.8 Å². The summed E-state index contributed by atoms with van der Waals surface area (Å²) in [5.41, 5.74) is 12.3. The molecule has 0 saturated heterocycles. The van der Waals surface area contributed by atoms with Crippen LogP contribution in [0.15, 0.2) is 72.9 Å². The Morgan fingerprint density at radius 2 is 1.76 bits per heavy atom. The Morgan fingerprint density at radius 3 is 2.44 bits per heavy atom. The van der Waals surface area contributed by atoms with E-state index in [2.05, 4.69) is 40.7 Å². The smallest absolute Gasteiger partial charge is 0.248 e. The third kappa shape index (κ3) is 5.74. The number of nitrogens with zero attached hydrogens (tertiary/aromatic N) is 4. The molecule has 5 aromatic rings. The lowest BCUT2D eigenvalue weighted by molar-refractivity contribution is 0.0999. The minimum atomic E-state index is -0.672. The van der Waals surface area contributed by atoms with Crippen LogP contribution in [0.5, 0.6) is 5.75 Å². The van der Waals surface area contributed by atoms with Gasteiger partial charge in [0.25, 0.3) is 0 Å². The molecule has 5 rings (SSSR count). The van der Waals surface area contributed by atoms with Crippen LogP contribution in [-0.4, -0.2) is 37.2 Å². The van der Waals surface area contributed by atoms with Gasteiger partial charge in [0.1, 0.15) is 11.4 Å². The van der Waals surface area contributed by atoms with Gasteiger partial charge in [-0.25, -0.2) is 4.68 Å². The first-order chi connectivity index (χ1) is 19.6. The van der Waals surface area contributed by atoms with Crippen molar-refractivity contribution in [3.05, 3.63) is 95.3 Å². The maximum absolute atomic E-state index is 11.9. The molecule has 3 N–H and O–H groups in total. The van der Waals surface area contributed by atoms with Gasteiger partial charge in [0.15, 0.2) is 0 Å². The number of carbonyl (C=O) groups excluding carboxylic acids is 1. The van der Waals surface area contributed by atoms with Crippen LogP contribution < -0.4 is 10.5 Å². The van der Waals surface area contributed by atoms with Gasteiger partial charge >= 0.3 is 0 Å². The molecule has 0 bridgehead atoms. The molecular formula is C33H37N5O3. The summed E-state index contributed by atoms with van der Waals surface area (Å²) in [6, 6.07) is 20.9. The van der Waals surface area contributed by atoms with Crippen molar-refractivity contribution in [3.8, 4) is 22.7 Å². The summed E-state index contributed by atoms with van der Waals surface area (Å²) in [5.74, 6) is 0.542. The highest BCUT2D eigenvalue weighted by Crippen LogP contribution is 2.38. The van der Waals surface area contributed by atoms with Crippen molar-refractivity contribution in [3.63, 3.8) is 0 Å². The molecule has 8 nitrogen and oxygen atoms in total. The lowest BCUT2D eigenvalue weighted by Crippen LogP contribution is -2.13. The Hall–Kier alpha value is -4.43. The average molecular weight is 552 g/mol. The standard InChI is InChI=1S/C33H37N5O3/c1-20(2)19-41-30-16-24(33(34)40)14-15-28(30)38-22(5)31(21(3)4)32(36-38)25-12-9-13-27-26(25)17-37(35-27)18-29(39)23-10-7-6-8-11-23/h6-17,20-21,29,39H,18-19H2,1-5H3,(H2,34,40). The molecule has 2 heterocycles. The summed E-state index contributed by atoms with van der Waals surface area (Å²) in [6.45, 7) is 11.3. The Morgan fingerprint density at radius 1 is 1.00 bits per heavy atom. The summed E-state index contributed by atoms with van der Waals surface area (Å²) in [5, 5.41) is 21.7. The fourth-order valence-electron chi connectivity index (χ4n) is 5.20. The van der Waals surface area contributed by atoms with E-state index >= 15 is 0 Å². The van der Waals surface area contributed by atoms with Gasteiger partial charge in [0.2, 0.25) is 5.91 Å². The second-order valence-corrected chi connectivity index (χ2v) is 11.2. The Balaban J connectivity index is 1.60. The van der Waals surface area contributed by atoms with Crippen molar-refractivity contribution in [2.24, 2.45) is 11.7 Å². The number of amides is 1. The Kier molecular flexibility index (Phi) is 7.94. The number of aromatic nitrogens is 4. The molecule has 0 saturated carbocycles. The number of primary amides is 1. The van der Waals surface area contributed by atoms with Crippen LogP contribution in [0.2, 0.25) is 0 Å². The number of fused-ring (bicyclic) bond motifs is 1. The zero-order valence-corrected chi connectivity index (χ0v) is 24.2. The maximum Gasteiger partial charge on any atom is 0.248 e. The summed E-state index contributed by atoms with van der Waals surface area (Å²) >= 11 is 0. The topological polar surface area (TPSA) is 108 Å². The largest absolute Gasteiger partial charge is 0.491 e. The SMILES string of the molecule is Cc1c(C(C)C)c(-c2cccc3nn(CC(O)c4ccccc4)cc23)nn1-c1ccc(C(N)=O)cc1OCC(C)C. The predicted molar refractivity (Wildman–Crippen MR) is 161 cm³/mol. The van der Waals surface area contributed by atoms with Gasteiger partial charge in [-0.1, -0.05) is 70.2 Å². The second kappa shape index (κ2) is 11.6. The Labute approximate surface area is 240 Å². The van der Waals surface area contributed by atoms with E-state index < -0.39 is 12.0 Å². The number of carbonyl (C=O) groups is 1. The van der Waals surface area contributed by atoms with Crippen molar-refractivity contribution in [2.45, 2.75) is 53.2 Å². The zero-order chi connectivity index (χ0) is 29.3. The molecule has 1 unspecified atom stereocenters. The van der Waals surface area contributed by atoms with Crippen LogP contribution >= 0.6 is 0 Å². The van der Waals surface area contributed by atoms with E-state index in [1.807, 2.05) is 59.4 Å². The molecule has 0 radical (unpaired) electrons. The molecule has 0 aliphatic rings. The highest BCUT2D eigenvalue weighted by molar-refractivity contribution is 5.95. The van der Waals surface area contributed by atoms with E-state index in [4.69, 9.17) is 20.7 Å². The van der Waals surface area contributed by atoms with E-state index in [9.17, 15) is 9.90 Å². The molecule has 41 heavy (non-hydrogen) atoms. The fourth-order valence-corrected chi connectivity index (χ4v) is 5.20. The van der Waals surface area contributed by atoms with Crippen LogP contribution in [0.4, 0.5) is 0 Å². The fraction of sp³-hybridized carbons (Fsp3) is 0.303. The summed E-state index contributed by atoms with van der Waals surface area (Å²) in [7, 11) is 0. The van der Waals surface area contributed by atoms with E-state index in [0.29, 0.717) is 30.4 Å². The quantitative estimate of drug-likeness (QED) is 0.215. The third-order valence-electron chi connectivity index (χ3n) is 7.18. The predicted octanol–water partition coefficient (Wildman–Crippen LogP) is 6.19. The summed E-state index contributed by atoms with van der Waals surface area (Å²) in [6.07, 6.45) is 1.31. The van der Waals surface area contributed by atoms with Crippen LogP contribution in [0.3, 0.4) is 0 Å².